The van der Waals surface area contributed by atoms with E-state index in [4.69, 9.17) is 9.97 Å². The molecule has 2 aromatic heterocycles. The highest BCUT2D eigenvalue weighted by atomic mass is 16.1. The van der Waals surface area contributed by atoms with Crippen LogP contribution < -0.4 is 10.6 Å². The number of hydrogen-bond acceptors (Lipinski definition) is 5. The molecular formula is C26H28N6O. The van der Waals surface area contributed by atoms with Crippen molar-refractivity contribution in [2.75, 3.05) is 5.32 Å². The Bertz CT molecular complexity index is 1310. The van der Waals surface area contributed by atoms with Gasteiger partial charge in [0, 0.05) is 23.0 Å². The Kier molecular flexibility index (Phi) is 5.77. The second-order valence-electron chi connectivity index (χ2n) is 8.74. The van der Waals surface area contributed by atoms with Crippen molar-refractivity contribution in [2.24, 2.45) is 0 Å². The highest BCUT2D eigenvalue weighted by Gasteiger charge is 2.18. The van der Waals surface area contributed by atoms with Crippen LogP contribution in [-0.2, 0) is 0 Å². The lowest BCUT2D eigenvalue weighted by Gasteiger charge is -2.22. The van der Waals surface area contributed by atoms with Crippen molar-refractivity contribution >= 4 is 28.4 Å². The summed E-state index contributed by atoms with van der Waals surface area (Å²) in [6.45, 7) is 3.95. The van der Waals surface area contributed by atoms with E-state index in [0.717, 1.165) is 41.0 Å². The Hall–Kier alpha value is -3.74. The molecule has 0 saturated heterocycles. The van der Waals surface area contributed by atoms with E-state index in [-0.39, 0.29) is 11.9 Å². The Labute approximate surface area is 193 Å². The zero-order valence-electron chi connectivity index (χ0n) is 19.0. The number of rotatable bonds is 5. The number of anilines is 2. The van der Waals surface area contributed by atoms with Gasteiger partial charge in [0.25, 0.3) is 5.91 Å². The topological polar surface area (TPSA) is 84.7 Å². The van der Waals surface area contributed by atoms with Crippen LogP contribution in [0.4, 0.5) is 11.5 Å². The zero-order chi connectivity index (χ0) is 22.8. The monoisotopic (exact) mass is 440 g/mol. The number of amides is 1. The van der Waals surface area contributed by atoms with Gasteiger partial charge in [0.05, 0.1) is 16.7 Å². The van der Waals surface area contributed by atoms with Gasteiger partial charge in [-0.05, 0) is 63.1 Å². The third kappa shape index (κ3) is 4.58. The minimum Gasteiger partial charge on any atom is -0.349 e. The standard InChI is InChI=1S/C26H28N6O/c1-17-15-18(2)32(31-17)25-24(29-22-13-6-7-14-23(22)30-25)27-21-12-8-9-19(16-21)26(33)28-20-10-4-3-5-11-20/h6-9,12-16,20H,3-5,10-11H2,1-2H3,(H,27,29)(H,28,33). The van der Waals surface area contributed by atoms with Crippen LogP contribution in [0.1, 0.15) is 53.8 Å². The highest BCUT2D eigenvalue weighted by Crippen LogP contribution is 2.26. The molecule has 1 amide bonds. The Morgan fingerprint density at radius 1 is 0.939 bits per heavy atom. The fraction of sp³-hybridized carbons (Fsp3) is 0.308. The fourth-order valence-electron chi connectivity index (χ4n) is 4.46. The van der Waals surface area contributed by atoms with E-state index in [1.165, 1.54) is 19.3 Å². The van der Waals surface area contributed by atoms with Gasteiger partial charge in [-0.15, -0.1) is 0 Å². The summed E-state index contributed by atoms with van der Waals surface area (Å²) in [5.41, 5.74) is 4.88. The van der Waals surface area contributed by atoms with Gasteiger partial charge in [-0.1, -0.05) is 37.5 Å². The van der Waals surface area contributed by atoms with E-state index in [2.05, 4.69) is 15.7 Å². The maximum atomic E-state index is 12.8. The SMILES string of the molecule is Cc1cc(C)n(-c2nc3ccccc3nc2Nc2cccc(C(=O)NC3CCCCC3)c2)n1. The average Bonchev–Trinajstić information content (AvgIpc) is 3.17. The van der Waals surface area contributed by atoms with Gasteiger partial charge in [0.1, 0.15) is 0 Å². The molecule has 1 saturated carbocycles. The molecule has 2 heterocycles. The van der Waals surface area contributed by atoms with Crippen LogP contribution in [0.15, 0.2) is 54.6 Å². The Balaban J connectivity index is 1.47. The number of para-hydroxylation sites is 2. The van der Waals surface area contributed by atoms with Gasteiger partial charge >= 0.3 is 0 Å². The van der Waals surface area contributed by atoms with Crippen molar-refractivity contribution in [1.82, 2.24) is 25.1 Å². The molecule has 1 aliphatic rings. The average molecular weight is 441 g/mol. The van der Waals surface area contributed by atoms with Crippen LogP contribution in [0.3, 0.4) is 0 Å². The number of aryl methyl sites for hydroxylation is 2. The van der Waals surface area contributed by atoms with E-state index in [1.54, 1.807) is 4.68 Å². The summed E-state index contributed by atoms with van der Waals surface area (Å²) in [5.74, 6) is 1.18. The normalized spacial score (nSPS) is 14.4. The molecule has 7 nitrogen and oxygen atoms in total. The number of aromatic nitrogens is 4. The summed E-state index contributed by atoms with van der Waals surface area (Å²) in [5, 5.41) is 11.2. The molecule has 1 aliphatic carbocycles. The molecule has 5 rings (SSSR count). The maximum absolute atomic E-state index is 12.8. The van der Waals surface area contributed by atoms with Gasteiger partial charge < -0.3 is 10.6 Å². The minimum atomic E-state index is -0.0334. The van der Waals surface area contributed by atoms with Crippen molar-refractivity contribution in [3.63, 3.8) is 0 Å². The van der Waals surface area contributed by atoms with Crippen molar-refractivity contribution in [3.05, 3.63) is 71.5 Å². The largest absolute Gasteiger partial charge is 0.349 e. The van der Waals surface area contributed by atoms with Crippen molar-refractivity contribution in [1.29, 1.82) is 0 Å². The molecule has 0 unspecified atom stereocenters. The second-order valence-corrected chi connectivity index (χ2v) is 8.74. The number of hydrogen-bond donors (Lipinski definition) is 2. The third-order valence-electron chi connectivity index (χ3n) is 6.09. The van der Waals surface area contributed by atoms with Crippen molar-refractivity contribution in [2.45, 2.75) is 52.0 Å². The molecule has 168 valence electrons. The van der Waals surface area contributed by atoms with Gasteiger partial charge in [-0.2, -0.15) is 5.10 Å². The maximum Gasteiger partial charge on any atom is 0.251 e. The number of benzene rings is 2. The smallest absolute Gasteiger partial charge is 0.251 e. The van der Waals surface area contributed by atoms with Crippen LogP contribution >= 0.6 is 0 Å². The first kappa shape index (κ1) is 21.1. The molecule has 4 aromatic rings. The number of carbonyl (C=O) groups is 1. The molecule has 0 spiro atoms. The summed E-state index contributed by atoms with van der Waals surface area (Å²) in [6.07, 6.45) is 5.74. The molecule has 33 heavy (non-hydrogen) atoms. The van der Waals surface area contributed by atoms with Gasteiger partial charge in [-0.25, -0.2) is 14.6 Å². The van der Waals surface area contributed by atoms with Crippen LogP contribution in [-0.4, -0.2) is 31.7 Å². The molecule has 7 heteroatoms. The van der Waals surface area contributed by atoms with Gasteiger partial charge in [0.2, 0.25) is 0 Å². The first-order chi connectivity index (χ1) is 16.1. The van der Waals surface area contributed by atoms with Crippen LogP contribution in [0.5, 0.6) is 0 Å². The summed E-state index contributed by atoms with van der Waals surface area (Å²) in [6, 6.07) is 17.6. The number of fused-ring (bicyclic) bond motifs is 1. The van der Waals surface area contributed by atoms with E-state index >= 15 is 0 Å². The molecule has 1 fully saturated rings. The van der Waals surface area contributed by atoms with E-state index in [0.29, 0.717) is 17.2 Å². The van der Waals surface area contributed by atoms with E-state index in [1.807, 2.05) is 68.4 Å². The molecule has 0 atom stereocenters. The summed E-state index contributed by atoms with van der Waals surface area (Å²) >= 11 is 0. The molecule has 0 aliphatic heterocycles. The highest BCUT2D eigenvalue weighted by molar-refractivity contribution is 5.95. The van der Waals surface area contributed by atoms with Crippen molar-refractivity contribution in [3.8, 4) is 5.82 Å². The van der Waals surface area contributed by atoms with Crippen LogP contribution in [0, 0.1) is 13.8 Å². The van der Waals surface area contributed by atoms with Crippen molar-refractivity contribution < 1.29 is 4.79 Å². The summed E-state index contributed by atoms with van der Waals surface area (Å²) < 4.78 is 1.80. The third-order valence-corrected chi connectivity index (χ3v) is 6.09. The molecule has 0 bridgehead atoms. The quantitative estimate of drug-likeness (QED) is 0.443. The van der Waals surface area contributed by atoms with E-state index < -0.39 is 0 Å². The summed E-state index contributed by atoms with van der Waals surface area (Å²) in [4.78, 5) is 22.5. The Morgan fingerprint density at radius 3 is 2.42 bits per heavy atom. The number of nitrogens with zero attached hydrogens (tertiary/aromatic N) is 4. The lowest BCUT2D eigenvalue weighted by atomic mass is 9.95. The van der Waals surface area contributed by atoms with Crippen LogP contribution in [0.25, 0.3) is 16.9 Å². The number of nitrogens with one attached hydrogen (secondary N) is 2. The number of carbonyl (C=O) groups excluding carboxylic acids is 1. The predicted octanol–water partition coefficient (Wildman–Crippen LogP) is 5.24. The van der Waals surface area contributed by atoms with Gasteiger partial charge in [-0.3, -0.25) is 4.79 Å². The zero-order valence-corrected chi connectivity index (χ0v) is 19.0. The lowest BCUT2D eigenvalue weighted by Crippen LogP contribution is -2.36. The molecular weight excluding hydrogens is 412 g/mol. The first-order valence-electron chi connectivity index (χ1n) is 11.6. The van der Waals surface area contributed by atoms with Crippen LogP contribution in [0.2, 0.25) is 0 Å². The molecule has 0 radical (unpaired) electrons. The molecule has 2 aromatic carbocycles. The minimum absolute atomic E-state index is 0.0334. The Morgan fingerprint density at radius 2 is 1.70 bits per heavy atom. The van der Waals surface area contributed by atoms with E-state index in [9.17, 15) is 4.79 Å². The summed E-state index contributed by atoms with van der Waals surface area (Å²) in [7, 11) is 0. The first-order valence-corrected chi connectivity index (χ1v) is 11.6. The second kappa shape index (κ2) is 9.02. The molecule has 2 N–H and O–H groups in total. The van der Waals surface area contributed by atoms with Gasteiger partial charge in [0.15, 0.2) is 11.6 Å². The predicted molar refractivity (Wildman–Crippen MR) is 130 cm³/mol. The lowest BCUT2D eigenvalue weighted by molar-refractivity contribution is 0.0927. The fourth-order valence-corrected chi connectivity index (χ4v) is 4.46.